The summed E-state index contributed by atoms with van der Waals surface area (Å²) >= 11 is 0. The average molecular weight is 266 g/mol. The number of hydrogen-bond donors (Lipinski definition) is 0. The van der Waals surface area contributed by atoms with E-state index in [9.17, 15) is 22.4 Å². The number of ketones is 1. The van der Waals surface area contributed by atoms with Crippen molar-refractivity contribution < 1.29 is 31.8 Å². The molecule has 1 rings (SSSR count). The lowest BCUT2D eigenvalue weighted by atomic mass is 10.1. The number of benzene rings is 1. The maximum atomic E-state index is 12.9. The average Bonchev–Trinajstić information content (AvgIpc) is 2.24. The van der Waals surface area contributed by atoms with Crippen LogP contribution in [0.5, 0.6) is 5.75 Å². The minimum absolute atomic E-state index is 0.0222. The van der Waals surface area contributed by atoms with Crippen molar-refractivity contribution in [1.82, 2.24) is 0 Å². The highest BCUT2D eigenvalue weighted by Gasteiger charge is 2.27. The second-order valence-electron chi connectivity index (χ2n) is 3.42. The molecule has 0 amide bonds. The van der Waals surface area contributed by atoms with Crippen LogP contribution in [-0.2, 0) is 4.74 Å². The Balaban J connectivity index is 2.59. The number of carbonyl (C=O) groups excluding carboxylic acids is 1. The number of ether oxygens (including phenoxy) is 2. The van der Waals surface area contributed by atoms with E-state index in [-0.39, 0.29) is 11.3 Å². The normalized spacial score (nSPS) is 11.4. The number of Topliss-reactive ketones (excluding diaryl/α,β-unsaturated/α-hetero) is 1. The van der Waals surface area contributed by atoms with E-state index in [1.807, 2.05) is 0 Å². The third kappa shape index (κ3) is 4.70. The molecular weight excluding hydrogens is 256 g/mol. The van der Waals surface area contributed by atoms with Gasteiger partial charge in [-0.25, -0.2) is 4.39 Å². The Labute approximate surface area is 100 Å². The maximum Gasteiger partial charge on any atom is 0.411 e. The third-order valence-corrected chi connectivity index (χ3v) is 1.88. The van der Waals surface area contributed by atoms with Gasteiger partial charge in [0, 0.05) is 0 Å². The summed E-state index contributed by atoms with van der Waals surface area (Å²) < 4.78 is 57.2. The van der Waals surface area contributed by atoms with Gasteiger partial charge < -0.3 is 9.47 Å². The summed E-state index contributed by atoms with van der Waals surface area (Å²) in [6.07, 6.45) is -4.45. The molecule has 0 unspecified atom stereocenters. The molecule has 3 nitrogen and oxygen atoms in total. The highest BCUT2D eigenvalue weighted by molar-refractivity contribution is 5.96. The molecule has 100 valence electrons. The van der Waals surface area contributed by atoms with Gasteiger partial charge in [0.1, 0.15) is 18.2 Å². The zero-order valence-electron chi connectivity index (χ0n) is 9.38. The van der Waals surface area contributed by atoms with Gasteiger partial charge in [-0.1, -0.05) is 0 Å². The lowest BCUT2D eigenvalue weighted by Crippen LogP contribution is -2.19. The number of carbonyl (C=O) groups is 1. The summed E-state index contributed by atoms with van der Waals surface area (Å²) in [6.45, 7) is -0.937. The Morgan fingerprint density at radius 1 is 1.33 bits per heavy atom. The molecule has 0 saturated heterocycles. The minimum atomic E-state index is -4.45. The highest BCUT2D eigenvalue weighted by atomic mass is 19.4. The van der Waals surface area contributed by atoms with Crippen molar-refractivity contribution in [3.05, 3.63) is 29.6 Å². The molecule has 0 aliphatic carbocycles. The molecule has 7 heteroatoms. The van der Waals surface area contributed by atoms with Crippen LogP contribution in [0.25, 0.3) is 0 Å². The lowest BCUT2D eigenvalue weighted by molar-refractivity contribution is -0.186. The van der Waals surface area contributed by atoms with Crippen LogP contribution < -0.4 is 4.74 Å². The van der Waals surface area contributed by atoms with Gasteiger partial charge in [-0.2, -0.15) is 13.2 Å². The Morgan fingerprint density at radius 3 is 2.56 bits per heavy atom. The Kier molecular flexibility index (Phi) is 4.66. The van der Waals surface area contributed by atoms with Crippen molar-refractivity contribution in [1.29, 1.82) is 0 Å². The molecule has 1 aromatic carbocycles. The fourth-order valence-electron chi connectivity index (χ4n) is 1.17. The largest absolute Gasteiger partial charge is 0.467 e. The van der Waals surface area contributed by atoms with Crippen LogP contribution in [0, 0.1) is 5.82 Å². The summed E-state index contributed by atoms with van der Waals surface area (Å²) in [5, 5.41) is 0. The number of hydrogen-bond acceptors (Lipinski definition) is 3. The minimum Gasteiger partial charge on any atom is -0.467 e. The summed E-state index contributed by atoms with van der Waals surface area (Å²) in [6, 6.07) is 3.13. The summed E-state index contributed by atoms with van der Waals surface area (Å²) in [5.41, 5.74) is -0.0504. The van der Waals surface area contributed by atoms with Crippen molar-refractivity contribution in [3.8, 4) is 5.75 Å². The molecule has 0 saturated carbocycles. The molecule has 0 heterocycles. The van der Waals surface area contributed by atoms with Crippen LogP contribution in [0.3, 0.4) is 0 Å². The quantitative estimate of drug-likeness (QED) is 0.356. The Morgan fingerprint density at radius 2 is 2.00 bits per heavy atom. The topological polar surface area (TPSA) is 35.5 Å². The van der Waals surface area contributed by atoms with Crippen molar-refractivity contribution in [2.75, 3.05) is 13.4 Å². The molecule has 0 fully saturated rings. The molecule has 0 aliphatic rings. The molecule has 0 radical (unpaired) electrons. The second kappa shape index (κ2) is 5.81. The first kappa shape index (κ1) is 14.4. The van der Waals surface area contributed by atoms with Gasteiger partial charge in [-0.3, -0.25) is 4.79 Å². The first-order valence-electron chi connectivity index (χ1n) is 4.87. The van der Waals surface area contributed by atoms with Gasteiger partial charge in [0.15, 0.2) is 12.6 Å². The molecule has 0 aliphatic heterocycles. The van der Waals surface area contributed by atoms with Crippen molar-refractivity contribution in [3.63, 3.8) is 0 Å². The van der Waals surface area contributed by atoms with Gasteiger partial charge in [0.25, 0.3) is 0 Å². The smallest absolute Gasteiger partial charge is 0.411 e. The highest BCUT2D eigenvalue weighted by Crippen LogP contribution is 2.21. The first-order valence-corrected chi connectivity index (χ1v) is 4.87. The number of alkyl halides is 3. The fourth-order valence-corrected chi connectivity index (χ4v) is 1.17. The van der Waals surface area contributed by atoms with E-state index in [1.165, 1.54) is 6.92 Å². The maximum absolute atomic E-state index is 12.9. The van der Waals surface area contributed by atoms with Gasteiger partial charge in [-0.05, 0) is 25.1 Å². The van der Waals surface area contributed by atoms with E-state index in [1.54, 1.807) is 0 Å². The molecule has 0 N–H and O–H groups in total. The van der Waals surface area contributed by atoms with E-state index in [0.29, 0.717) is 0 Å². The molecule has 0 bridgehead atoms. The Hall–Kier alpha value is -1.63. The number of rotatable bonds is 5. The van der Waals surface area contributed by atoms with Gasteiger partial charge in [0.05, 0.1) is 5.56 Å². The fraction of sp³-hybridized carbons (Fsp3) is 0.364. The van der Waals surface area contributed by atoms with Gasteiger partial charge in [0.2, 0.25) is 0 Å². The lowest BCUT2D eigenvalue weighted by Gasteiger charge is -2.11. The zero-order valence-corrected chi connectivity index (χ0v) is 9.38. The molecule has 0 aromatic heterocycles. The summed E-state index contributed by atoms with van der Waals surface area (Å²) in [4.78, 5) is 11.1. The summed E-state index contributed by atoms with van der Waals surface area (Å²) in [5.74, 6) is -1.12. The van der Waals surface area contributed by atoms with Crippen LogP contribution in [0.15, 0.2) is 18.2 Å². The van der Waals surface area contributed by atoms with Crippen molar-refractivity contribution >= 4 is 5.78 Å². The standard InChI is InChI=1S/C11H10F4O3/c1-7(16)9-4-8(12)2-3-10(9)18-6-17-5-11(13,14)15/h2-4H,5-6H2,1H3. The van der Waals surface area contributed by atoms with E-state index >= 15 is 0 Å². The van der Waals surface area contributed by atoms with E-state index in [2.05, 4.69) is 4.74 Å². The first-order chi connectivity index (χ1) is 8.29. The van der Waals surface area contributed by atoms with Crippen LogP contribution in [0.4, 0.5) is 17.6 Å². The molecule has 1 aromatic rings. The predicted octanol–water partition coefficient (Wildman–Crippen LogP) is 2.94. The molecule has 18 heavy (non-hydrogen) atoms. The van der Waals surface area contributed by atoms with Crippen molar-refractivity contribution in [2.45, 2.75) is 13.1 Å². The zero-order chi connectivity index (χ0) is 13.8. The van der Waals surface area contributed by atoms with Crippen LogP contribution >= 0.6 is 0 Å². The number of halogens is 4. The predicted molar refractivity (Wildman–Crippen MR) is 53.9 cm³/mol. The van der Waals surface area contributed by atoms with Crippen LogP contribution in [0.2, 0.25) is 0 Å². The molecular formula is C11H10F4O3. The second-order valence-corrected chi connectivity index (χ2v) is 3.42. The van der Waals surface area contributed by atoms with Crippen molar-refractivity contribution in [2.24, 2.45) is 0 Å². The van der Waals surface area contributed by atoms with Crippen LogP contribution in [-0.4, -0.2) is 25.4 Å². The molecule has 0 atom stereocenters. The van der Waals surface area contributed by atoms with Gasteiger partial charge in [-0.15, -0.1) is 0 Å². The SMILES string of the molecule is CC(=O)c1cc(F)ccc1OCOCC(F)(F)F. The van der Waals surface area contributed by atoms with E-state index in [4.69, 9.17) is 4.74 Å². The summed E-state index contributed by atoms with van der Waals surface area (Å²) in [7, 11) is 0. The van der Waals surface area contributed by atoms with E-state index < -0.39 is 31.2 Å². The van der Waals surface area contributed by atoms with Gasteiger partial charge >= 0.3 is 6.18 Å². The van der Waals surface area contributed by atoms with Crippen LogP contribution in [0.1, 0.15) is 17.3 Å². The monoisotopic (exact) mass is 266 g/mol. The Bertz CT molecular complexity index is 429. The third-order valence-electron chi connectivity index (χ3n) is 1.88. The molecule has 0 spiro atoms. The van der Waals surface area contributed by atoms with E-state index in [0.717, 1.165) is 18.2 Å².